The van der Waals surface area contributed by atoms with Crippen LogP contribution in [0.1, 0.15) is 27.0 Å². The summed E-state index contributed by atoms with van der Waals surface area (Å²) in [7, 11) is 1.56. The summed E-state index contributed by atoms with van der Waals surface area (Å²) in [5, 5.41) is 14.6. The van der Waals surface area contributed by atoms with E-state index in [0.29, 0.717) is 16.8 Å². The lowest BCUT2D eigenvalue weighted by Crippen LogP contribution is -2.17. The molecule has 2 aromatic rings. The summed E-state index contributed by atoms with van der Waals surface area (Å²) in [6, 6.07) is 14.2. The van der Waals surface area contributed by atoms with Crippen LogP contribution in [-0.2, 0) is 4.79 Å². The smallest absolute Gasteiger partial charge is 0.266 e. The number of carbonyl (C=O) groups is 2. The van der Waals surface area contributed by atoms with E-state index in [1.165, 1.54) is 6.08 Å². The van der Waals surface area contributed by atoms with Crippen molar-refractivity contribution in [2.45, 2.75) is 13.8 Å². The minimum atomic E-state index is -0.466. The van der Waals surface area contributed by atoms with Gasteiger partial charge in [-0.3, -0.25) is 9.59 Å². The van der Waals surface area contributed by atoms with Crippen LogP contribution in [0, 0.1) is 25.2 Å². The number of nitriles is 1. The molecule has 0 saturated heterocycles. The highest BCUT2D eigenvalue weighted by atomic mass is 16.2. The van der Waals surface area contributed by atoms with Crippen LogP contribution >= 0.6 is 0 Å². The van der Waals surface area contributed by atoms with Gasteiger partial charge in [-0.15, -0.1) is 0 Å². The van der Waals surface area contributed by atoms with Crippen molar-refractivity contribution >= 4 is 23.6 Å². The van der Waals surface area contributed by atoms with Crippen LogP contribution in [0.5, 0.6) is 0 Å². The molecule has 0 heterocycles. The monoisotopic (exact) mass is 333 g/mol. The van der Waals surface area contributed by atoms with Crippen LogP contribution in [0.3, 0.4) is 0 Å². The number of amides is 2. The first-order valence-electron chi connectivity index (χ1n) is 7.77. The van der Waals surface area contributed by atoms with Gasteiger partial charge in [0.05, 0.1) is 0 Å². The number of hydrogen-bond donors (Lipinski definition) is 2. The summed E-state index contributed by atoms with van der Waals surface area (Å²) in [6.45, 7) is 3.87. The standard InChI is InChI=1S/C20H19N3O2/c1-13-5-4-6-18(14(13)2)23-20(25)17(12-21)11-15-7-9-16(10-8-15)19(24)22-3/h4-11H,1-3H3,(H,22,24)(H,23,25). The Labute approximate surface area is 147 Å². The van der Waals surface area contributed by atoms with Crippen LogP contribution in [0.15, 0.2) is 48.0 Å². The fraction of sp³-hybridized carbons (Fsp3) is 0.150. The summed E-state index contributed by atoms with van der Waals surface area (Å²) in [6.07, 6.45) is 1.49. The zero-order chi connectivity index (χ0) is 18.4. The fourth-order valence-electron chi connectivity index (χ4n) is 2.27. The largest absolute Gasteiger partial charge is 0.355 e. The minimum Gasteiger partial charge on any atom is -0.355 e. The summed E-state index contributed by atoms with van der Waals surface area (Å²) in [5.74, 6) is -0.657. The highest BCUT2D eigenvalue weighted by Crippen LogP contribution is 2.19. The Balaban J connectivity index is 2.22. The Hall–Kier alpha value is -3.39. The molecule has 0 aliphatic heterocycles. The molecule has 0 atom stereocenters. The van der Waals surface area contributed by atoms with Gasteiger partial charge < -0.3 is 10.6 Å². The van der Waals surface area contributed by atoms with Gasteiger partial charge in [0.2, 0.25) is 0 Å². The average Bonchev–Trinajstić information content (AvgIpc) is 2.63. The first kappa shape index (κ1) is 18.0. The van der Waals surface area contributed by atoms with Crippen molar-refractivity contribution in [3.63, 3.8) is 0 Å². The van der Waals surface area contributed by atoms with E-state index in [2.05, 4.69) is 10.6 Å². The lowest BCUT2D eigenvalue weighted by atomic mass is 10.1. The molecule has 5 nitrogen and oxygen atoms in total. The molecule has 0 aliphatic carbocycles. The zero-order valence-electron chi connectivity index (χ0n) is 14.4. The van der Waals surface area contributed by atoms with Crippen molar-refractivity contribution in [1.82, 2.24) is 5.32 Å². The van der Waals surface area contributed by atoms with Crippen LogP contribution < -0.4 is 10.6 Å². The molecule has 0 bridgehead atoms. The quantitative estimate of drug-likeness (QED) is 0.666. The maximum absolute atomic E-state index is 12.4. The van der Waals surface area contributed by atoms with Crippen LogP contribution in [0.2, 0.25) is 0 Å². The maximum Gasteiger partial charge on any atom is 0.266 e. The highest BCUT2D eigenvalue weighted by Gasteiger charge is 2.11. The van der Waals surface area contributed by atoms with Gasteiger partial charge in [-0.2, -0.15) is 5.26 Å². The van der Waals surface area contributed by atoms with Crippen molar-refractivity contribution in [2.24, 2.45) is 0 Å². The fourth-order valence-corrected chi connectivity index (χ4v) is 2.27. The summed E-state index contributed by atoms with van der Waals surface area (Å²) in [4.78, 5) is 23.9. The lowest BCUT2D eigenvalue weighted by molar-refractivity contribution is -0.112. The second-order valence-electron chi connectivity index (χ2n) is 5.57. The molecule has 0 fully saturated rings. The number of carbonyl (C=O) groups excluding carboxylic acids is 2. The molecule has 5 heteroatoms. The Bertz CT molecular complexity index is 875. The number of anilines is 1. The molecular formula is C20H19N3O2. The van der Waals surface area contributed by atoms with E-state index in [-0.39, 0.29) is 11.5 Å². The van der Waals surface area contributed by atoms with E-state index in [9.17, 15) is 14.9 Å². The van der Waals surface area contributed by atoms with E-state index < -0.39 is 5.91 Å². The van der Waals surface area contributed by atoms with Crippen LogP contribution in [0.25, 0.3) is 6.08 Å². The maximum atomic E-state index is 12.4. The van der Waals surface area contributed by atoms with Gasteiger partial charge in [-0.25, -0.2) is 0 Å². The van der Waals surface area contributed by atoms with E-state index in [4.69, 9.17) is 0 Å². The van der Waals surface area contributed by atoms with E-state index in [0.717, 1.165) is 11.1 Å². The average molecular weight is 333 g/mol. The normalized spacial score (nSPS) is 10.7. The van der Waals surface area contributed by atoms with Crippen molar-refractivity contribution in [2.75, 3.05) is 12.4 Å². The Morgan fingerprint density at radius 3 is 2.36 bits per heavy atom. The van der Waals surface area contributed by atoms with Gasteiger partial charge >= 0.3 is 0 Å². The van der Waals surface area contributed by atoms with Gasteiger partial charge in [0.25, 0.3) is 11.8 Å². The molecule has 0 radical (unpaired) electrons. The van der Waals surface area contributed by atoms with Gasteiger partial charge in [0.15, 0.2) is 0 Å². The third-order valence-electron chi connectivity index (χ3n) is 3.93. The SMILES string of the molecule is CNC(=O)c1ccc(C=C(C#N)C(=O)Nc2cccc(C)c2C)cc1. The van der Waals surface area contributed by atoms with Crippen molar-refractivity contribution in [3.05, 3.63) is 70.3 Å². The molecule has 2 N–H and O–H groups in total. The molecule has 25 heavy (non-hydrogen) atoms. The van der Waals surface area contributed by atoms with Crippen LogP contribution in [-0.4, -0.2) is 18.9 Å². The lowest BCUT2D eigenvalue weighted by Gasteiger charge is -2.09. The van der Waals surface area contributed by atoms with Gasteiger partial charge in [0, 0.05) is 18.3 Å². The van der Waals surface area contributed by atoms with E-state index >= 15 is 0 Å². The predicted octanol–water partition coefficient (Wildman–Crippen LogP) is 3.21. The number of aryl methyl sites for hydroxylation is 1. The van der Waals surface area contributed by atoms with Crippen LogP contribution in [0.4, 0.5) is 5.69 Å². The molecule has 0 spiro atoms. The zero-order valence-corrected chi connectivity index (χ0v) is 14.4. The topological polar surface area (TPSA) is 82.0 Å². The second kappa shape index (κ2) is 7.93. The van der Waals surface area contributed by atoms with Gasteiger partial charge in [-0.05, 0) is 54.8 Å². The van der Waals surface area contributed by atoms with E-state index in [1.54, 1.807) is 37.4 Å². The number of nitrogens with zero attached hydrogens (tertiary/aromatic N) is 1. The molecule has 0 aromatic heterocycles. The third-order valence-corrected chi connectivity index (χ3v) is 3.93. The summed E-state index contributed by atoms with van der Waals surface area (Å²) < 4.78 is 0. The molecule has 2 rings (SSSR count). The molecular weight excluding hydrogens is 314 g/mol. The highest BCUT2D eigenvalue weighted by molar-refractivity contribution is 6.10. The molecule has 0 saturated carbocycles. The summed E-state index contributed by atoms with van der Waals surface area (Å²) in [5.41, 5.74) is 3.88. The number of benzene rings is 2. The first-order chi connectivity index (χ1) is 12.0. The third kappa shape index (κ3) is 4.33. The molecule has 2 aromatic carbocycles. The van der Waals surface area contributed by atoms with Crippen molar-refractivity contribution < 1.29 is 9.59 Å². The predicted molar refractivity (Wildman–Crippen MR) is 98.0 cm³/mol. The molecule has 126 valence electrons. The van der Waals surface area contributed by atoms with Gasteiger partial charge in [-0.1, -0.05) is 24.3 Å². The van der Waals surface area contributed by atoms with Crippen molar-refractivity contribution in [1.29, 1.82) is 5.26 Å². The number of rotatable bonds is 4. The number of hydrogen-bond acceptors (Lipinski definition) is 3. The van der Waals surface area contributed by atoms with Gasteiger partial charge in [0.1, 0.15) is 11.6 Å². The second-order valence-corrected chi connectivity index (χ2v) is 5.57. The Kier molecular flexibility index (Phi) is 5.70. The molecule has 2 amide bonds. The minimum absolute atomic E-state index is 0.00593. The molecule has 0 aliphatic rings. The first-order valence-corrected chi connectivity index (χ1v) is 7.77. The van der Waals surface area contributed by atoms with E-state index in [1.807, 2.05) is 32.0 Å². The number of nitrogens with one attached hydrogen (secondary N) is 2. The van der Waals surface area contributed by atoms with Crippen molar-refractivity contribution in [3.8, 4) is 6.07 Å². The Morgan fingerprint density at radius 1 is 1.08 bits per heavy atom. The summed E-state index contributed by atoms with van der Waals surface area (Å²) >= 11 is 0. The molecule has 0 unspecified atom stereocenters. The Morgan fingerprint density at radius 2 is 1.76 bits per heavy atom.